The number of thiophene rings is 1. The topological polar surface area (TPSA) is 44.5 Å². The number of hydrogen-bond acceptors (Lipinski definition) is 4. The van der Waals surface area contributed by atoms with E-state index >= 15 is 0 Å². The second-order valence-electron chi connectivity index (χ2n) is 4.57. The molecule has 0 saturated carbocycles. The number of benzene rings is 1. The second-order valence-corrected chi connectivity index (χ2v) is 5.35. The highest BCUT2D eigenvalue weighted by molar-refractivity contribution is 7.07. The zero-order valence-electron chi connectivity index (χ0n) is 11.9. The van der Waals surface area contributed by atoms with Gasteiger partial charge in [0.2, 0.25) is 0 Å². The summed E-state index contributed by atoms with van der Waals surface area (Å²) in [5, 5.41) is 4.14. The summed E-state index contributed by atoms with van der Waals surface area (Å²) >= 11 is 1.66. The minimum Gasteiger partial charge on any atom is -0.494 e. The maximum absolute atomic E-state index is 6.19. The molecule has 0 aliphatic rings. The molecule has 0 spiro atoms. The lowest BCUT2D eigenvalue weighted by atomic mass is 10.0. The molecule has 0 aliphatic heterocycles. The van der Waals surface area contributed by atoms with Gasteiger partial charge >= 0.3 is 0 Å². The van der Waals surface area contributed by atoms with Crippen LogP contribution in [0, 0.1) is 0 Å². The van der Waals surface area contributed by atoms with E-state index < -0.39 is 0 Å². The summed E-state index contributed by atoms with van der Waals surface area (Å²) < 4.78 is 11.5. The van der Waals surface area contributed by atoms with Crippen molar-refractivity contribution in [2.75, 3.05) is 6.61 Å². The van der Waals surface area contributed by atoms with Crippen molar-refractivity contribution in [2.45, 2.75) is 32.4 Å². The molecule has 4 heteroatoms. The summed E-state index contributed by atoms with van der Waals surface area (Å²) in [4.78, 5) is 0. The summed E-state index contributed by atoms with van der Waals surface area (Å²) in [7, 11) is 0. The van der Waals surface area contributed by atoms with Crippen LogP contribution in [0.3, 0.4) is 0 Å². The predicted molar refractivity (Wildman–Crippen MR) is 83.6 cm³/mol. The first-order valence-electron chi connectivity index (χ1n) is 6.91. The summed E-state index contributed by atoms with van der Waals surface area (Å²) in [6, 6.07) is 9.73. The number of ether oxygens (including phenoxy) is 2. The van der Waals surface area contributed by atoms with E-state index in [-0.39, 0.29) is 12.1 Å². The highest BCUT2D eigenvalue weighted by Crippen LogP contribution is 2.28. The number of nitrogens with two attached hydrogens (primary N) is 1. The van der Waals surface area contributed by atoms with Gasteiger partial charge in [0.25, 0.3) is 0 Å². The van der Waals surface area contributed by atoms with Crippen molar-refractivity contribution in [3.8, 4) is 11.5 Å². The fourth-order valence-electron chi connectivity index (χ4n) is 1.98. The third-order valence-electron chi connectivity index (χ3n) is 3.13. The van der Waals surface area contributed by atoms with Gasteiger partial charge in [-0.25, -0.2) is 0 Å². The summed E-state index contributed by atoms with van der Waals surface area (Å²) in [6.45, 7) is 4.71. The molecular formula is C16H21NO2S. The molecule has 0 aliphatic carbocycles. The predicted octanol–water partition coefficient (Wildman–Crippen LogP) is 4.00. The van der Waals surface area contributed by atoms with E-state index in [1.54, 1.807) is 11.3 Å². The monoisotopic (exact) mass is 291 g/mol. The average Bonchev–Trinajstić information content (AvgIpc) is 3.00. The maximum Gasteiger partial charge on any atom is 0.140 e. The van der Waals surface area contributed by atoms with Gasteiger partial charge in [-0.15, -0.1) is 0 Å². The zero-order valence-corrected chi connectivity index (χ0v) is 12.7. The minimum atomic E-state index is -0.107. The first-order valence-corrected chi connectivity index (χ1v) is 7.86. The lowest BCUT2D eigenvalue weighted by Crippen LogP contribution is -2.31. The fraction of sp³-hybridized carbons (Fsp3) is 0.375. The van der Waals surface area contributed by atoms with E-state index in [1.165, 1.54) is 0 Å². The SMILES string of the molecule is CCOc1ccc(OC(c2ccsc2)C(N)CC)cc1. The van der Waals surface area contributed by atoms with E-state index in [0.29, 0.717) is 6.61 Å². The highest BCUT2D eigenvalue weighted by Gasteiger charge is 2.20. The van der Waals surface area contributed by atoms with E-state index in [1.807, 2.05) is 36.6 Å². The largest absolute Gasteiger partial charge is 0.494 e. The van der Waals surface area contributed by atoms with Crippen LogP contribution in [0.15, 0.2) is 41.1 Å². The van der Waals surface area contributed by atoms with Crippen LogP contribution in [0.25, 0.3) is 0 Å². The van der Waals surface area contributed by atoms with Crippen LogP contribution in [0.1, 0.15) is 31.9 Å². The Hall–Kier alpha value is -1.52. The Morgan fingerprint density at radius 2 is 1.80 bits per heavy atom. The van der Waals surface area contributed by atoms with E-state index in [4.69, 9.17) is 15.2 Å². The van der Waals surface area contributed by atoms with Crippen LogP contribution in [0.4, 0.5) is 0 Å². The van der Waals surface area contributed by atoms with Crippen molar-refractivity contribution in [3.05, 3.63) is 46.7 Å². The van der Waals surface area contributed by atoms with Crippen LogP contribution in [0.5, 0.6) is 11.5 Å². The average molecular weight is 291 g/mol. The Kier molecular flexibility index (Phi) is 5.44. The van der Waals surface area contributed by atoms with Crippen molar-refractivity contribution in [2.24, 2.45) is 5.73 Å². The Balaban J connectivity index is 2.11. The Labute approximate surface area is 124 Å². The van der Waals surface area contributed by atoms with Crippen LogP contribution < -0.4 is 15.2 Å². The molecular weight excluding hydrogens is 270 g/mol. The Morgan fingerprint density at radius 3 is 2.35 bits per heavy atom. The first-order chi connectivity index (χ1) is 9.74. The van der Waals surface area contributed by atoms with E-state index in [0.717, 1.165) is 23.5 Å². The molecule has 2 rings (SSSR count). The van der Waals surface area contributed by atoms with Gasteiger partial charge in [0.15, 0.2) is 0 Å². The molecule has 1 aromatic heterocycles. The smallest absolute Gasteiger partial charge is 0.140 e. The van der Waals surface area contributed by atoms with Crippen molar-refractivity contribution in [1.82, 2.24) is 0 Å². The van der Waals surface area contributed by atoms with Crippen molar-refractivity contribution in [1.29, 1.82) is 0 Å². The van der Waals surface area contributed by atoms with Crippen molar-refractivity contribution in [3.63, 3.8) is 0 Å². The minimum absolute atomic E-state index is 0.0174. The quantitative estimate of drug-likeness (QED) is 0.838. The van der Waals surface area contributed by atoms with Crippen molar-refractivity contribution >= 4 is 11.3 Å². The lowest BCUT2D eigenvalue weighted by molar-refractivity contribution is 0.171. The van der Waals surface area contributed by atoms with Gasteiger partial charge in [-0.05, 0) is 54.4 Å². The second kappa shape index (κ2) is 7.31. The summed E-state index contributed by atoms with van der Waals surface area (Å²) in [5.74, 6) is 1.67. The van der Waals surface area contributed by atoms with Gasteiger partial charge in [-0.2, -0.15) is 11.3 Å². The van der Waals surface area contributed by atoms with Gasteiger partial charge in [0, 0.05) is 11.6 Å². The molecule has 2 aromatic rings. The normalized spacial score (nSPS) is 13.8. The maximum atomic E-state index is 6.19. The van der Waals surface area contributed by atoms with Gasteiger partial charge in [0.05, 0.1) is 6.61 Å². The molecule has 0 amide bonds. The van der Waals surface area contributed by atoms with Crippen LogP contribution >= 0.6 is 11.3 Å². The molecule has 20 heavy (non-hydrogen) atoms. The molecule has 2 N–H and O–H groups in total. The first kappa shape index (κ1) is 14.9. The summed E-state index contributed by atoms with van der Waals surface area (Å²) in [5.41, 5.74) is 7.33. The van der Waals surface area contributed by atoms with Gasteiger partial charge in [-0.1, -0.05) is 6.92 Å². The lowest BCUT2D eigenvalue weighted by Gasteiger charge is -2.23. The molecule has 0 radical (unpaired) electrons. The molecule has 1 aromatic carbocycles. The Bertz CT molecular complexity index is 496. The number of hydrogen-bond donors (Lipinski definition) is 1. The zero-order chi connectivity index (χ0) is 14.4. The van der Waals surface area contributed by atoms with Crippen molar-refractivity contribution < 1.29 is 9.47 Å². The van der Waals surface area contributed by atoms with E-state index in [2.05, 4.69) is 18.4 Å². The molecule has 0 saturated heterocycles. The molecule has 108 valence electrons. The molecule has 0 fully saturated rings. The van der Waals surface area contributed by atoms with Gasteiger partial charge < -0.3 is 15.2 Å². The molecule has 0 bridgehead atoms. The fourth-order valence-corrected chi connectivity index (χ4v) is 2.67. The van der Waals surface area contributed by atoms with Crippen LogP contribution in [-0.2, 0) is 0 Å². The standard InChI is InChI=1S/C16H21NO2S/c1-3-15(17)16(12-9-10-20-11-12)19-14-7-5-13(6-8-14)18-4-2/h5-11,15-16H,3-4,17H2,1-2H3. The highest BCUT2D eigenvalue weighted by atomic mass is 32.1. The molecule has 1 heterocycles. The molecule has 3 nitrogen and oxygen atoms in total. The molecule has 2 atom stereocenters. The Morgan fingerprint density at radius 1 is 1.10 bits per heavy atom. The van der Waals surface area contributed by atoms with E-state index in [9.17, 15) is 0 Å². The van der Waals surface area contributed by atoms with Gasteiger partial charge in [-0.3, -0.25) is 0 Å². The van der Waals surface area contributed by atoms with Gasteiger partial charge in [0.1, 0.15) is 17.6 Å². The number of rotatable bonds is 7. The van der Waals surface area contributed by atoms with Crippen LogP contribution in [0.2, 0.25) is 0 Å². The third kappa shape index (κ3) is 3.74. The molecule has 2 unspecified atom stereocenters. The third-order valence-corrected chi connectivity index (χ3v) is 3.83. The summed E-state index contributed by atoms with van der Waals surface area (Å²) in [6.07, 6.45) is 0.765. The van der Waals surface area contributed by atoms with Crippen LogP contribution in [-0.4, -0.2) is 12.6 Å².